The van der Waals surface area contributed by atoms with Gasteiger partial charge in [-0.2, -0.15) is 0 Å². The van der Waals surface area contributed by atoms with Gasteiger partial charge in [0.25, 0.3) is 0 Å². The van der Waals surface area contributed by atoms with E-state index in [1.807, 2.05) is 6.92 Å². The average molecular weight is 247 g/mol. The van der Waals surface area contributed by atoms with Gasteiger partial charge in [0.15, 0.2) is 0 Å². The first-order chi connectivity index (χ1) is 8.72. The molecule has 18 heavy (non-hydrogen) atoms. The summed E-state index contributed by atoms with van der Waals surface area (Å²) in [6.07, 6.45) is 2.48. The first-order valence-corrected chi connectivity index (χ1v) is 6.72. The number of para-hydroxylation sites is 1. The van der Waals surface area contributed by atoms with Crippen LogP contribution < -0.4 is 4.90 Å². The largest absolute Gasteiger partial charge is 0.466 e. The van der Waals surface area contributed by atoms with Crippen LogP contribution >= 0.6 is 0 Å². The molecule has 1 aromatic carbocycles. The molecule has 1 heterocycles. The van der Waals surface area contributed by atoms with Crippen LogP contribution in [0.5, 0.6) is 0 Å². The lowest BCUT2D eigenvalue weighted by Crippen LogP contribution is -2.30. The van der Waals surface area contributed by atoms with E-state index >= 15 is 0 Å². The lowest BCUT2D eigenvalue weighted by Gasteiger charge is -2.24. The number of ether oxygens (including phenoxy) is 1. The summed E-state index contributed by atoms with van der Waals surface area (Å²) < 4.78 is 4.95. The molecular formula is C15H21NO2. The Hall–Kier alpha value is -1.51. The molecule has 1 aliphatic heterocycles. The van der Waals surface area contributed by atoms with Gasteiger partial charge in [0.05, 0.1) is 6.61 Å². The number of anilines is 1. The van der Waals surface area contributed by atoms with Crippen molar-refractivity contribution in [3.05, 3.63) is 29.8 Å². The molecule has 0 N–H and O–H groups in total. The van der Waals surface area contributed by atoms with Gasteiger partial charge in [0, 0.05) is 24.7 Å². The number of nitrogens with zero attached hydrogens (tertiary/aromatic N) is 1. The molecule has 1 unspecified atom stereocenters. The molecule has 3 nitrogen and oxygen atoms in total. The molecule has 0 amide bonds. The van der Waals surface area contributed by atoms with E-state index in [1.165, 1.54) is 11.3 Å². The summed E-state index contributed by atoms with van der Waals surface area (Å²) in [5, 5.41) is 0. The Labute approximate surface area is 109 Å². The fourth-order valence-electron chi connectivity index (χ4n) is 2.60. The Morgan fingerprint density at radius 3 is 3.00 bits per heavy atom. The molecule has 0 saturated carbocycles. The number of hydrogen-bond donors (Lipinski definition) is 0. The van der Waals surface area contributed by atoms with Crippen molar-refractivity contribution < 1.29 is 9.53 Å². The average Bonchev–Trinajstić information content (AvgIpc) is 2.66. The third-order valence-corrected chi connectivity index (χ3v) is 3.43. The van der Waals surface area contributed by atoms with Crippen LogP contribution in [0.1, 0.15) is 32.3 Å². The van der Waals surface area contributed by atoms with Crippen LogP contribution in [0.2, 0.25) is 0 Å². The summed E-state index contributed by atoms with van der Waals surface area (Å²) in [4.78, 5) is 13.7. The van der Waals surface area contributed by atoms with Crippen molar-refractivity contribution in [1.82, 2.24) is 0 Å². The van der Waals surface area contributed by atoms with Gasteiger partial charge in [0.1, 0.15) is 0 Å². The quantitative estimate of drug-likeness (QED) is 0.749. The SMILES string of the molecule is CCOC(=O)CCCN1c2ccccc2CC1C. The zero-order chi connectivity index (χ0) is 13.0. The molecule has 0 aromatic heterocycles. The lowest BCUT2D eigenvalue weighted by molar-refractivity contribution is -0.143. The van der Waals surface area contributed by atoms with Crippen molar-refractivity contribution in [2.24, 2.45) is 0 Å². The number of benzene rings is 1. The monoisotopic (exact) mass is 247 g/mol. The van der Waals surface area contributed by atoms with Crippen LogP contribution in [0.3, 0.4) is 0 Å². The van der Waals surface area contributed by atoms with E-state index in [4.69, 9.17) is 4.74 Å². The van der Waals surface area contributed by atoms with Crippen molar-refractivity contribution in [3.63, 3.8) is 0 Å². The lowest BCUT2D eigenvalue weighted by atomic mass is 10.1. The highest BCUT2D eigenvalue weighted by molar-refractivity contribution is 5.69. The predicted octanol–water partition coefficient (Wildman–Crippen LogP) is 2.78. The first kappa shape index (κ1) is 12.9. The summed E-state index contributed by atoms with van der Waals surface area (Å²) in [5.74, 6) is -0.0855. The van der Waals surface area contributed by atoms with Crippen molar-refractivity contribution in [1.29, 1.82) is 0 Å². The number of hydrogen-bond acceptors (Lipinski definition) is 3. The Kier molecular flexibility index (Phi) is 4.24. The smallest absolute Gasteiger partial charge is 0.305 e. The number of rotatable bonds is 5. The van der Waals surface area contributed by atoms with Crippen LogP contribution in [-0.2, 0) is 16.0 Å². The fraction of sp³-hybridized carbons (Fsp3) is 0.533. The topological polar surface area (TPSA) is 29.5 Å². The van der Waals surface area contributed by atoms with E-state index in [2.05, 4.69) is 36.1 Å². The van der Waals surface area contributed by atoms with Gasteiger partial charge in [0.2, 0.25) is 0 Å². The zero-order valence-corrected chi connectivity index (χ0v) is 11.2. The van der Waals surface area contributed by atoms with Crippen molar-refractivity contribution in [2.45, 2.75) is 39.2 Å². The molecule has 0 bridgehead atoms. The van der Waals surface area contributed by atoms with E-state index in [-0.39, 0.29) is 5.97 Å². The Morgan fingerprint density at radius 2 is 2.22 bits per heavy atom. The van der Waals surface area contributed by atoms with Gasteiger partial charge >= 0.3 is 5.97 Å². The summed E-state index contributed by atoms with van der Waals surface area (Å²) in [7, 11) is 0. The van der Waals surface area contributed by atoms with Crippen LogP contribution in [0, 0.1) is 0 Å². The number of esters is 1. The summed E-state index contributed by atoms with van der Waals surface area (Å²) in [6, 6.07) is 9.06. The molecule has 0 saturated heterocycles. The highest BCUT2D eigenvalue weighted by Crippen LogP contribution is 2.31. The molecule has 1 atom stereocenters. The van der Waals surface area contributed by atoms with E-state index in [0.717, 1.165) is 19.4 Å². The van der Waals surface area contributed by atoms with Crippen LogP contribution in [0.15, 0.2) is 24.3 Å². The maximum Gasteiger partial charge on any atom is 0.305 e. The molecule has 98 valence electrons. The molecular weight excluding hydrogens is 226 g/mol. The van der Waals surface area contributed by atoms with Crippen molar-refractivity contribution in [3.8, 4) is 0 Å². The second-order valence-electron chi connectivity index (χ2n) is 4.78. The van der Waals surface area contributed by atoms with E-state index in [9.17, 15) is 4.79 Å². The highest BCUT2D eigenvalue weighted by atomic mass is 16.5. The Bertz CT molecular complexity index is 417. The van der Waals surface area contributed by atoms with Gasteiger partial charge in [-0.3, -0.25) is 4.79 Å². The van der Waals surface area contributed by atoms with Crippen LogP contribution in [0.4, 0.5) is 5.69 Å². The minimum atomic E-state index is -0.0855. The van der Waals surface area contributed by atoms with Crippen LogP contribution in [-0.4, -0.2) is 25.2 Å². The number of carbonyl (C=O) groups excluding carboxylic acids is 1. The molecule has 1 aliphatic rings. The third-order valence-electron chi connectivity index (χ3n) is 3.43. The molecule has 0 radical (unpaired) electrons. The van der Waals surface area contributed by atoms with Crippen molar-refractivity contribution in [2.75, 3.05) is 18.1 Å². The Balaban J connectivity index is 1.88. The van der Waals surface area contributed by atoms with Gasteiger partial charge in [-0.15, -0.1) is 0 Å². The minimum Gasteiger partial charge on any atom is -0.466 e. The van der Waals surface area contributed by atoms with Crippen molar-refractivity contribution >= 4 is 11.7 Å². The molecule has 0 aliphatic carbocycles. The number of fused-ring (bicyclic) bond motifs is 1. The number of carbonyl (C=O) groups is 1. The second-order valence-corrected chi connectivity index (χ2v) is 4.78. The molecule has 0 spiro atoms. The van der Waals surface area contributed by atoms with E-state index < -0.39 is 0 Å². The molecule has 0 fully saturated rings. The normalized spacial score (nSPS) is 17.7. The Morgan fingerprint density at radius 1 is 1.44 bits per heavy atom. The standard InChI is InChI=1S/C15H21NO2/c1-3-18-15(17)9-6-10-16-12(2)11-13-7-4-5-8-14(13)16/h4-5,7-8,12H,3,6,9-11H2,1-2H3. The summed E-state index contributed by atoms with van der Waals surface area (Å²) in [6.45, 7) is 5.49. The first-order valence-electron chi connectivity index (χ1n) is 6.72. The van der Waals surface area contributed by atoms with E-state index in [1.54, 1.807) is 0 Å². The van der Waals surface area contributed by atoms with Gasteiger partial charge in [-0.25, -0.2) is 0 Å². The summed E-state index contributed by atoms with van der Waals surface area (Å²) >= 11 is 0. The third kappa shape index (κ3) is 2.84. The summed E-state index contributed by atoms with van der Waals surface area (Å²) in [5.41, 5.74) is 2.75. The molecule has 1 aromatic rings. The van der Waals surface area contributed by atoms with Crippen LogP contribution in [0.25, 0.3) is 0 Å². The van der Waals surface area contributed by atoms with Gasteiger partial charge in [-0.1, -0.05) is 18.2 Å². The predicted molar refractivity (Wildman–Crippen MR) is 72.8 cm³/mol. The van der Waals surface area contributed by atoms with Gasteiger partial charge < -0.3 is 9.64 Å². The molecule has 2 rings (SSSR count). The zero-order valence-electron chi connectivity index (χ0n) is 11.2. The minimum absolute atomic E-state index is 0.0855. The maximum absolute atomic E-state index is 11.3. The maximum atomic E-state index is 11.3. The van der Waals surface area contributed by atoms with E-state index in [0.29, 0.717) is 19.1 Å². The molecule has 3 heteroatoms. The van der Waals surface area contributed by atoms with Gasteiger partial charge in [-0.05, 0) is 38.3 Å². The highest BCUT2D eigenvalue weighted by Gasteiger charge is 2.24. The fourth-order valence-corrected chi connectivity index (χ4v) is 2.60. The second kappa shape index (κ2) is 5.89.